The molecule has 4 rings (SSSR count). The van der Waals surface area contributed by atoms with Crippen LogP contribution in [0.15, 0.2) is 24.5 Å². The van der Waals surface area contributed by atoms with Crippen LogP contribution in [0.2, 0.25) is 10.0 Å². The maximum atomic E-state index is 7.86. The first-order valence-electron chi connectivity index (χ1n) is 8.38. The third-order valence-electron chi connectivity index (χ3n) is 4.32. The van der Waals surface area contributed by atoms with Crippen LogP contribution in [0.1, 0.15) is 6.42 Å². The fourth-order valence-corrected chi connectivity index (χ4v) is 4.86. The highest BCUT2D eigenvalue weighted by molar-refractivity contribution is 7.20. The van der Waals surface area contributed by atoms with Crippen LogP contribution in [0.4, 0.5) is 10.7 Å². The normalized spacial score (nSPS) is 14.8. The number of rotatable bonds is 3. The fourth-order valence-electron chi connectivity index (χ4n) is 3.10. The summed E-state index contributed by atoms with van der Waals surface area (Å²) in [5.74, 6) is 0.614. The molecule has 0 bridgehead atoms. The second-order valence-corrected chi connectivity index (χ2v) is 7.83. The van der Waals surface area contributed by atoms with E-state index in [1.165, 1.54) is 17.7 Å². The molecule has 0 amide bonds. The molecule has 3 heterocycles. The Balaban J connectivity index is 1.94. The molecule has 1 aromatic carbocycles. The Kier molecular flexibility index (Phi) is 5.32. The molecule has 1 aliphatic rings. The molecule has 9 heteroatoms. The molecule has 0 spiro atoms. The SMILES string of the molecule is [C-]#[N+]c1c(N2CCCOCC2)sc(-c2nnc[nH]2)c1-c1ccc(Cl)cc1Cl. The first-order valence-corrected chi connectivity index (χ1v) is 9.95. The largest absolute Gasteiger partial charge is 0.380 e. The number of H-pyrrole nitrogens is 1. The molecule has 2 aromatic heterocycles. The highest BCUT2D eigenvalue weighted by atomic mass is 35.5. The van der Waals surface area contributed by atoms with Crippen molar-refractivity contribution in [3.05, 3.63) is 46.0 Å². The number of aromatic amines is 1. The van der Waals surface area contributed by atoms with Gasteiger partial charge in [0.05, 0.1) is 23.1 Å². The lowest BCUT2D eigenvalue weighted by Crippen LogP contribution is -2.24. The predicted octanol–water partition coefficient (Wildman–Crippen LogP) is 5.28. The standard InChI is InChI=1S/C18H15Cl2N5OS/c1-21-15-14(12-4-3-11(19)9-13(12)20)16(17-22-10-23-24-17)27-18(15)25-5-2-7-26-8-6-25/h3-4,9-10H,2,5-8H2,(H,22,23,24). The van der Waals surface area contributed by atoms with Crippen LogP contribution in [0.25, 0.3) is 26.7 Å². The quantitative estimate of drug-likeness (QED) is 0.586. The van der Waals surface area contributed by atoms with Crippen molar-refractivity contribution in [3.8, 4) is 21.8 Å². The maximum absolute atomic E-state index is 7.86. The molecule has 0 atom stereocenters. The topological polar surface area (TPSA) is 58.4 Å². The number of halogens is 2. The van der Waals surface area contributed by atoms with Crippen molar-refractivity contribution in [2.45, 2.75) is 6.42 Å². The number of benzene rings is 1. The lowest BCUT2D eigenvalue weighted by atomic mass is 10.0. The molecule has 6 nitrogen and oxygen atoms in total. The molecule has 138 valence electrons. The van der Waals surface area contributed by atoms with Crippen molar-refractivity contribution in [2.75, 3.05) is 31.2 Å². The minimum Gasteiger partial charge on any atom is -0.380 e. The molecule has 0 unspecified atom stereocenters. The molecule has 27 heavy (non-hydrogen) atoms. The average molecular weight is 420 g/mol. The van der Waals surface area contributed by atoms with Gasteiger partial charge in [-0.25, -0.2) is 4.85 Å². The van der Waals surface area contributed by atoms with Crippen molar-refractivity contribution in [3.63, 3.8) is 0 Å². The summed E-state index contributed by atoms with van der Waals surface area (Å²) in [5, 5.41) is 10.0. The van der Waals surface area contributed by atoms with Gasteiger partial charge in [0, 0.05) is 35.3 Å². The first kappa shape index (κ1) is 18.3. The van der Waals surface area contributed by atoms with Crippen molar-refractivity contribution in [1.29, 1.82) is 0 Å². The predicted molar refractivity (Wildman–Crippen MR) is 109 cm³/mol. The van der Waals surface area contributed by atoms with Gasteiger partial charge in [0.15, 0.2) is 5.82 Å². The van der Waals surface area contributed by atoms with E-state index in [0.717, 1.165) is 47.1 Å². The van der Waals surface area contributed by atoms with Crippen molar-refractivity contribution >= 4 is 45.2 Å². The third kappa shape index (κ3) is 3.54. The summed E-state index contributed by atoms with van der Waals surface area (Å²) in [6.45, 7) is 10.8. The van der Waals surface area contributed by atoms with E-state index in [1.54, 1.807) is 12.1 Å². The van der Waals surface area contributed by atoms with E-state index >= 15 is 0 Å². The number of ether oxygens (including phenoxy) is 1. The molecular weight excluding hydrogens is 405 g/mol. The summed E-state index contributed by atoms with van der Waals surface area (Å²) in [5.41, 5.74) is 2.08. The van der Waals surface area contributed by atoms with Crippen molar-refractivity contribution in [2.24, 2.45) is 0 Å². The number of thiophene rings is 1. The van der Waals surface area contributed by atoms with E-state index in [4.69, 9.17) is 34.5 Å². The number of hydrogen-bond donors (Lipinski definition) is 1. The molecule has 1 N–H and O–H groups in total. The Hall–Kier alpha value is -2.11. The van der Waals surface area contributed by atoms with Gasteiger partial charge < -0.3 is 14.6 Å². The van der Waals surface area contributed by atoms with Gasteiger partial charge in [-0.2, -0.15) is 0 Å². The Morgan fingerprint density at radius 2 is 2.15 bits per heavy atom. The summed E-state index contributed by atoms with van der Waals surface area (Å²) in [6.07, 6.45) is 2.45. The molecule has 1 fully saturated rings. The van der Waals surface area contributed by atoms with Gasteiger partial charge in [-0.3, -0.25) is 0 Å². The Morgan fingerprint density at radius 3 is 2.89 bits per heavy atom. The molecular formula is C18H15Cl2N5OS. The second-order valence-electron chi connectivity index (χ2n) is 5.99. The summed E-state index contributed by atoms with van der Waals surface area (Å²) in [7, 11) is 0. The summed E-state index contributed by atoms with van der Waals surface area (Å²) < 4.78 is 5.57. The first-order chi connectivity index (χ1) is 13.2. The van der Waals surface area contributed by atoms with Crippen molar-refractivity contribution < 1.29 is 4.74 Å². The smallest absolute Gasteiger partial charge is 0.229 e. The van der Waals surface area contributed by atoms with Crippen LogP contribution in [-0.2, 0) is 4.74 Å². The highest BCUT2D eigenvalue weighted by Gasteiger charge is 2.27. The number of nitrogens with zero attached hydrogens (tertiary/aromatic N) is 4. The maximum Gasteiger partial charge on any atom is 0.229 e. The zero-order valence-corrected chi connectivity index (χ0v) is 16.5. The molecule has 0 radical (unpaired) electrons. The van der Waals surface area contributed by atoms with E-state index in [1.807, 2.05) is 6.07 Å². The lowest BCUT2D eigenvalue weighted by molar-refractivity contribution is 0.152. The monoisotopic (exact) mass is 419 g/mol. The van der Waals surface area contributed by atoms with Crippen LogP contribution in [0.5, 0.6) is 0 Å². The second kappa shape index (κ2) is 7.87. The third-order valence-corrected chi connectivity index (χ3v) is 6.11. The number of nitrogens with one attached hydrogen (secondary N) is 1. The van der Waals surface area contributed by atoms with E-state index < -0.39 is 0 Å². The van der Waals surface area contributed by atoms with Crippen LogP contribution >= 0.6 is 34.5 Å². The van der Waals surface area contributed by atoms with E-state index in [2.05, 4.69) is 24.9 Å². The molecule has 1 aliphatic heterocycles. The highest BCUT2D eigenvalue weighted by Crippen LogP contribution is 2.53. The van der Waals surface area contributed by atoms with Gasteiger partial charge in [0.25, 0.3) is 0 Å². The van der Waals surface area contributed by atoms with Crippen LogP contribution < -0.4 is 4.90 Å². The molecule has 3 aromatic rings. The van der Waals surface area contributed by atoms with Gasteiger partial charge >= 0.3 is 0 Å². The average Bonchev–Trinajstić information content (AvgIpc) is 3.22. The van der Waals surface area contributed by atoms with Gasteiger partial charge in [-0.15, -0.1) is 21.5 Å². The molecule has 0 aliphatic carbocycles. The Morgan fingerprint density at radius 1 is 1.26 bits per heavy atom. The summed E-state index contributed by atoms with van der Waals surface area (Å²) >= 11 is 14.1. The Labute approximate surface area is 170 Å². The number of hydrogen-bond acceptors (Lipinski definition) is 5. The number of aromatic nitrogens is 3. The summed E-state index contributed by atoms with van der Waals surface area (Å²) in [4.78, 5) is 9.96. The zero-order valence-electron chi connectivity index (χ0n) is 14.2. The fraction of sp³-hybridized carbons (Fsp3) is 0.278. The van der Waals surface area contributed by atoms with Gasteiger partial charge in [0.2, 0.25) is 5.69 Å². The minimum atomic E-state index is 0.497. The zero-order chi connectivity index (χ0) is 18.8. The van der Waals surface area contributed by atoms with E-state index in [0.29, 0.717) is 28.2 Å². The Bertz CT molecular complexity index is 988. The summed E-state index contributed by atoms with van der Waals surface area (Å²) in [6, 6.07) is 5.31. The minimum absolute atomic E-state index is 0.497. The van der Waals surface area contributed by atoms with Gasteiger partial charge in [0.1, 0.15) is 6.33 Å². The van der Waals surface area contributed by atoms with E-state index in [9.17, 15) is 0 Å². The van der Waals surface area contributed by atoms with E-state index in [-0.39, 0.29) is 0 Å². The van der Waals surface area contributed by atoms with Crippen LogP contribution in [-0.4, -0.2) is 41.5 Å². The molecule has 1 saturated heterocycles. The van der Waals surface area contributed by atoms with Gasteiger partial charge in [-0.05, 0) is 24.1 Å². The van der Waals surface area contributed by atoms with Crippen molar-refractivity contribution in [1.82, 2.24) is 15.2 Å². The van der Waals surface area contributed by atoms with Crippen LogP contribution in [0.3, 0.4) is 0 Å². The molecule has 0 saturated carbocycles. The van der Waals surface area contributed by atoms with Crippen LogP contribution in [0, 0.1) is 6.57 Å². The number of anilines is 1. The van der Waals surface area contributed by atoms with Gasteiger partial charge in [-0.1, -0.05) is 29.3 Å². The lowest BCUT2D eigenvalue weighted by Gasteiger charge is -2.20.